The zero-order chi connectivity index (χ0) is 14.4. The molecule has 2 aromatic rings. The van der Waals surface area contributed by atoms with Crippen molar-refractivity contribution in [3.8, 4) is 0 Å². The van der Waals surface area contributed by atoms with Crippen molar-refractivity contribution < 1.29 is 9.18 Å². The average Bonchev–Trinajstić information content (AvgIpc) is 2.97. The Labute approximate surface area is 114 Å². The van der Waals surface area contributed by atoms with Crippen LogP contribution in [0.15, 0.2) is 12.3 Å². The van der Waals surface area contributed by atoms with Gasteiger partial charge in [-0.05, 0) is 12.5 Å². The molecule has 9 heteroatoms. The highest BCUT2D eigenvalue weighted by Gasteiger charge is 2.16. The first-order chi connectivity index (χ1) is 9.72. The van der Waals surface area contributed by atoms with Crippen LogP contribution in [0, 0.1) is 5.82 Å². The Balaban J connectivity index is 2.05. The molecule has 0 aliphatic heterocycles. The molecule has 0 fully saturated rings. The van der Waals surface area contributed by atoms with Gasteiger partial charge in [-0.3, -0.25) is 4.79 Å². The number of amides is 1. The van der Waals surface area contributed by atoms with E-state index in [9.17, 15) is 9.18 Å². The highest BCUT2D eigenvalue weighted by atomic mass is 19.1. The molecule has 8 nitrogen and oxygen atoms in total. The molecule has 0 aliphatic rings. The molecule has 0 saturated carbocycles. The van der Waals surface area contributed by atoms with Gasteiger partial charge in [0.05, 0.1) is 12.1 Å². The number of halogens is 1. The smallest absolute Gasteiger partial charge is 0.254 e. The number of hydrogen-bond acceptors (Lipinski definition) is 6. The summed E-state index contributed by atoms with van der Waals surface area (Å²) in [6.07, 6.45) is 2.21. The normalized spacial score (nSPS) is 10.3. The van der Waals surface area contributed by atoms with E-state index in [1.54, 1.807) is 0 Å². The molecular formula is C11H14FN7O. The molecule has 1 amide bonds. The molecule has 0 aromatic carbocycles. The zero-order valence-electron chi connectivity index (χ0n) is 10.9. The summed E-state index contributed by atoms with van der Waals surface area (Å²) in [6, 6.07) is 1.32. The molecule has 0 unspecified atom stereocenters. The van der Waals surface area contributed by atoms with Crippen LogP contribution in [0.2, 0.25) is 0 Å². The van der Waals surface area contributed by atoms with Crippen molar-refractivity contribution in [2.24, 2.45) is 0 Å². The number of rotatable bonds is 6. The number of tetrazole rings is 1. The third-order valence-electron chi connectivity index (χ3n) is 2.47. The average molecular weight is 279 g/mol. The van der Waals surface area contributed by atoms with Crippen molar-refractivity contribution in [2.45, 2.75) is 19.9 Å². The van der Waals surface area contributed by atoms with Crippen LogP contribution in [-0.2, 0) is 6.54 Å². The van der Waals surface area contributed by atoms with Gasteiger partial charge >= 0.3 is 0 Å². The lowest BCUT2D eigenvalue weighted by Crippen LogP contribution is -2.25. The number of nitrogens with one attached hydrogen (secondary N) is 3. The summed E-state index contributed by atoms with van der Waals surface area (Å²) in [6.45, 7) is 2.60. The van der Waals surface area contributed by atoms with E-state index >= 15 is 0 Å². The van der Waals surface area contributed by atoms with Gasteiger partial charge in [0.2, 0.25) is 0 Å². The first kappa shape index (κ1) is 13.8. The first-order valence-electron chi connectivity index (χ1n) is 6.11. The van der Waals surface area contributed by atoms with Crippen LogP contribution < -0.4 is 10.6 Å². The lowest BCUT2D eigenvalue weighted by atomic mass is 10.2. The molecule has 0 spiro atoms. The van der Waals surface area contributed by atoms with Crippen molar-refractivity contribution in [3.05, 3.63) is 29.5 Å². The molecule has 106 valence electrons. The minimum Gasteiger partial charge on any atom is -0.368 e. The second kappa shape index (κ2) is 6.55. The van der Waals surface area contributed by atoms with Gasteiger partial charge in [-0.15, -0.1) is 10.2 Å². The van der Waals surface area contributed by atoms with Crippen LogP contribution in [0.3, 0.4) is 0 Å². The molecule has 20 heavy (non-hydrogen) atoms. The minimum atomic E-state index is -0.674. The number of H-pyrrole nitrogens is 1. The van der Waals surface area contributed by atoms with Crippen molar-refractivity contribution in [3.63, 3.8) is 0 Å². The first-order valence-corrected chi connectivity index (χ1v) is 6.11. The van der Waals surface area contributed by atoms with E-state index in [2.05, 4.69) is 36.2 Å². The highest BCUT2D eigenvalue weighted by molar-refractivity contribution is 5.95. The largest absolute Gasteiger partial charge is 0.368 e. The van der Waals surface area contributed by atoms with Gasteiger partial charge in [-0.2, -0.15) is 5.21 Å². The van der Waals surface area contributed by atoms with Crippen molar-refractivity contribution in [1.82, 2.24) is 30.9 Å². The Morgan fingerprint density at radius 1 is 1.50 bits per heavy atom. The van der Waals surface area contributed by atoms with Gasteiger partial charge in [0.25, 0.3) is 5.91 Å². The minimum absolute atomic E-state index is 0.0643. The molecule has 2 rings (SSSR count). The number of aromatic amines is 1. The second-order valence-electron chi connectivity index (χ2n) is 3.96. The van der Waals surface area contributed by atoms with Crippen molar-refractivity contribution >= 4 is 11.7 Å². The van der Waals surface area contributed by atoms with Gasteiger partial charge in [-0.25, -0.2) is 9.37 Å². The van der Waals surface area contributed by atoms with Crippen LogP contribution in [0.25, 0.3) is 0 Å². The van der Waals surface area contributed by atoms with Crippen LogP contribution in [0.4, 0.5) is 10.2 Å². The van der Waals surface area contributed by atoms with E-state index in [-0.39, 0.29) is 17.9 Å². The Morgan fingerprint density at radius 3 is 3.05 bits per heavy atom. The fourth-order valence-electron chi connectivity index (χ4n) is 1.50. The van der Waals surface area contributed by atoms with Gasteiger partial charge in [0.15, 0.2) is 17.5 Å². The molecule has 3 N–H and O–H groups in total. The number of carbonyl (C=O) groups excluding carboxylic acids is 1. The molecule has 0 atom stereocenters. The SMILES string of the molecule is CCCNc1nccc(C(=O)NCc2nn[nH]n2)c1F. The summed E-state index contributed by atoms with van der Waals surface area (Å²) in [5.41, 5.74) is -0.0814. The third kappa shape index (κ3) is 3.25. The lowest BCUT2D eigenvalue weighted by molar-refractivity contribution is 0.0946. The van der Waals surface area contributed by atoms with E-state index in [4.69, 9.17) is 0 Å². The molecule has 2 aromatic heterocycles. The van der Waals surface area contributed by atoms with Crippen LogP contribution in [-0.4, -0.2) is 38.1 Å². The van der Waals surface area contributed by atoms with Crippen LogP contribution >= 0.6 is 0 Å². The molecule has 0 bridgehead atoms. The number of anilines is 1. The maximum Gasteiger partial charge on any atom is 0.254 e. The summed E-state index contributed by atoms with van der Waals surface area (Å²) in [4.78, 5) is 15.8. The van der Waals surface area contributed by atoms with Crippen LogP contribution in [0.5, 0.6) is 0 Å². The summed E-state index contributed by atoms with van der Waals surface area (Å²) < 4.78 is 14.1. The molecular weight excluding hydrogens is 265 g/mol. The molecule has 2 heterocycles. The van der Waals surface area contributed by atoms with E-state index in [1.807, 2.05) is 6.92 Å². The number of nitrogens with zero attached hydrogens (tertiary/aromatic N) is 4. The van der Waals surface area contributed by atoms with E-state index in [1.165, 1.54) is 12.3 Å². The monoisotopic (exact) mass is 279 g/mol. The molecule has 0 aliphatic carbocycles. The quantitative estimate of drug-likeness (QED) is 0.710. The summed E-state index contributed by atoms with van der Waals surface area (Å²) >= 11 is 0. The Bertz CT molecular complexity index is 572. The maximum atomic E-state index is 14.1. The van der Waals surface area contributed by atoms with Crippen molar-refractivity contribution in [1.29, 1.82) is 0 Å². The summed E-state index contributed by atoms with van der Waals surface area (Å²) in [5.74, 6) is -0.850. The van der Waals surface area contributed by atoms with E-state index in [0.29, 0.717) is 12.4 Å². The Hall–Kier alpha value is -2.58. The highest BCUT2D eigenvalue weighted by Crippen LogP contribution is 2.15. The molecule has 0 radical (unpaired) electrons. The van der Waals surface area contributed by atoms with E-state index in [0.717, 1.165) is 6.42 Å². The number of pyridine rings is 1. The Kier molecular flexibility index (Phi) is 4.53. The fourth-order valence-corrected chi connectivity index (χ4v) is 1.50. The number of aromatic nitrogens is 5. The summed E-state index contributed by atoms with van der Waals surface area (Å²) in [7, 11) is 0. The number of carbonyl (C=O) groups is 1. The molecule has 0 saturated heterocycles. The van der Waals surface area contributed by atoms with Gasteiger partial charge in [-0.1, -0.05) is 12.1 Å². The topological polar surface area (TPSA) is 108 Å². The van der Waals surface area contributed by atoms with Crippen LogP contribution in [0.1, 0.15) is 29.5 Å². The van der Waals surface area contributed by atoms with E-state index < -0.39 is 11.7 Å². The second-order valence-corrected chi connectivity index (χ2v) is 3.96. The van der Waals surface area contributed by atoms with Gasteiger partial charge in [0, 0.05) is 12.7 Å². The summed E-state index contributed by atoms with van der Waals surface area (Å²) in [5, 5.41) is 18.3. The fraction of sp³-hybridized carbons (Fsp3) is 0.364. The maximum absolute atomic E-state index is 14.1. The zero-order valence-corrected chi connectivity index (χ0v) is 10.9. The predicted octanol–water partition coefficient (Wildman–Crippen LogP) is 0.486. The Morgan fingerprint density at radius 2 is 2.35 bits per heavy atom. The third-order valence-corrected chi connectivity index (χ3v) is 2.47. The van der Waals surface area contributed by atoms with Gasteiger partial charge < -0.3 is 10.6 Å². The lowest BCUT2D eigenvalue weighted by Gasteiger charge is -2.08. The van der Waals surface area contributed by atoms with Crippen molar-refractivity contribution in [2.75, 3.05) is 11.9 Å². The van der Waals surface area contributed by atoms with Gasteiger partial charge in [0.1, 0.15) is 0 Å². The predicted molar refractivity (Wildman–Crippen MR) is 68.3 cm³/mol. The number of hydrogen-bond donors (Lipinski definition) is 3. The standard InChI is InChI=1S/C11H14FN7O/c1-2-4-13-10-9(12)7(3-5-14-10)11(20)15-6-8-16-18-19-17-8/h3,5H,2,4,6H2,1H3,(H,13,14)(H,15,20)(H,16,17,18,19).